The van der Waals surface area contributed by atoms with E-state index in [0.717, 1.165) is 30.2 Å². The molecule has 2 aliphatic rings. The molecule has 1 aromatic rings. The minimum atomic E-state index is 0.0451. The Morgan fingerprint density at radius 3 is 3.36 bits per heavy atom. The number of carbonyl (C=O) groups is 1. The van der Waals surface area contributed by atoms with Crippen molar-refractivity contribution in [3.63, 3.8) is 0 Å². The molecule has 0 unspecified atom stereocenters. The van der Waals surface area contributed by atoms with E-state index in [2.05, 4.69) is 16.3 Å². The maximum Gasteiger partial charge on any atom is 0.272 e. The van der Waals surface area contributed by atoms with Gasteiger partial charge in [0.25, 0.3) is 5.91 Å². The van der Waals surface area contributed by atoms with E-state index >= 15 is 0 Å². The molecular weight excluding hydrogens is 196 g/mol. The number of nitrogens with zero attached hydrogens (tertiary/aromatic N) is 1. The maximum atomic E-state index is 11.7. The molecule has 2 aliphatic heterocycles. The van der Waals surface area contributed by atoms with Crippen LogP contribution in [0.5, 0.6) is 0 Å². The smallest absolute Gasteiger partial charge is 0.272 e. The third kappa shape index (κ3) is 1.07. The van der Waals surface area contributed by atoms with Crippen molar-refractivity contribution in [2.45, 2.75) is 13.0 Å². The molecule has 0 saturated carbocycles. The quantitative estimate of drug-likeness (QED) is 0.702. The summed E-state index contributed by atoms with van der Waals surface area (Å²) < 4.78 is 0. The number of rotatable bonds is 0. The number of thiophene rings is 1. The number of anilines is 1. The van der Waals surface area contributed by atoms with E-state index in [4.69, 9.17) is 0 Å². The van der Waals surface area contributed by atoms with Gasteiger partial charge in [-0.25, -0.2) is 0 Å². The summed E-state index contributed by atoms with van der Waals surface area (Å²) in [6, 6.07) is 2.08. The Labute approximate surface area is 86.0 Å². The molecule has 0 saturated heterocycles. The van der Waals surface area contributed by atoms with Gasteiger partial charge in [0.15, 0.2) is 0 Å². The molecule has 1 aromatic heterocycles. The summed E-state index contributed by atoms with van der Waals surface area (Å²) in [4.78, 5) is 13.9. The Balaban J connectivity index is 2.05. The highest BCUT2D eigenvalue weighted by molar-refractivity contribution is 7.14. The molecule has 3 rings (SSSR count). The average Bonchev–Trinajstić information content (AvgIpc) is 2.75. The van der Waals surface area contributed by atoms with Gasteiger partial charge in [-0.1, -0.05) is 6.08 Å². The predicted molar refractivity (Wildman–Crippen MR) is 56.1 cm³/mol. The van der Waals surface area contributed by atoms with Crippen molar-refractivity contribution in [3.8, 4) is 0 Å². The van der Waals surface area contributed by atoms with Crippen LogP contribution in [0.4, 0.5) is 5.00 Å². The summed E-state index contributed by atoms with van der Waals surface area (Å²) in [7, 11) is 0. The fourth-order valence-electron chi connectivity index (χ4n) is 1.95. The first-order valence-electron chi connectivity index (χ1n) is 4.67. The Morgan fingerprint density at radius 1 is 1.50 bits per heavy atom. The summed E-state index contributed by atoms with van der Waals surface area (Å²) in [6.45, 7) is 1.83. The molecule has 4 heteroatoms. The van der Waals surface area contributed by atoms with E-state index in [0.29, 0.717) is 0 Å². The molecule has 0 radical (unpaired) electrons. The molecule has 1 N–H and O–H groups in total. The van der Waals surface area contributed by atoms with Crippen molar-refractivity contribution in [3.05, 3.63) is 28.8 Å². The Hall–Kier alpha value is -1.29. The van der Waals surface area contributed by atoms with E-state index in [9.17, 15) is 4.79 Å². The molecule has 1 amide bonds. The second kappa shape index (κ2) is 2.85. The summed E-state index contributed by atoms with van der Waals surface area (Å²) in [5.41, 5.74) is 2.07. The monoisotopic (exact) mass is 206 g/mol. The standard InChI is InChI=1S/C10H10N2OS/c13-9-8-2-1-4-12(8)6-7-3-5-14-10(7)11-9/h2-3,5H,1,4,6H2,(H,11,13). The van der Waals surface area contributed by atoms with Crippen LogP contribution in [0, 0.1) is 0 Å². The van der Waals surface area contributed by atoms with Gasteiger partial charge in [-0.2, -0.15) is 0 Å². The zero-order valence-electron chi connectivity index (χ0n) is 7.62. The zero-order valence-corrected chi connectivity index (χ0v) is 8.43. The van der Waals surface area contributed by atoms with Crippen LogP contribution < -0.4 is 5.32 Å². The minimum absolute atomic E-state index is 0.0451. The molecule has 0 aliphatic carbocycles. The van der Waals surface area contributed by atoms with Gasteiger partial charge < -0.3 is 10.2 Å². The fourth-order valence-corrected chi connectivity index (χ4v) is 2.75. The topological polar surface area (TPSA) is 32.3 Å². The molecule has 0 aromatic carbocycles. The van der Waals surface area contributed by atoms with Crippen LogP contribution in [0.2, 0.25) is 0 Å². The van der Waals surface area contributed by atoms with E-state index in [-0.39, 0.29) is 5.91 Å². The molecule has 0 atom stereocenters. The molecule has 0 spiro atoms. The van der Waals surface area contributed by atoms with Crippen molar-refractivity contribution in [1.29, 1.82) is 0 Å². The fraction of sp³-hybridized carbons (Fsp3) is 0.300. The van der Waals surface area contributed by atoms with Gasteiger partial charge in [0.05, 0.1) is 5.70 Å². The van der Waals surface area contributed by atoms with Crippen LogP contribution in [0.3, 0.4) is 0 Å². The lowest BCUT2D eigenvalue weighted by Gasteiger charge is -2.17. The Morgan fingerprint density at radius 2 is 2.43 bits per heavy atom. The van der Waals surface area contributed by atoms with Crippen LogP contribution >= 0.6 is 11.3 Å². The first-order valence-corrected chi connectivity index (χ1v) is 5.55. The van der Waals surface area contributed by atoms with Crippen LogP contribution in [0.15, 0.2) is 23.2 Å². The maximum absolute atomic E-state index is 11.7. The van der Waals surface area contributed by atoms with Gasteiger partial charge in [-0.15, -0.1) is 11.3 Å². The molecule has 0 bridgehead atoms. The van der Waals surface area contributed by atoms with E-state index in [1.54, 1.807) is 11.3 Å². The normalized spacial score (nSPS) is 19.6. The van der Waals surface area contributed by atoms with Crippen molar-refractivity contribution < 1.29 is 4.79 Å². The predicted octanol–water partition coefficient (Wildman–Crippen LogP) is 1.79. The van der Waals surface area contributed by atoms with Gasteiger partial charge in [0.1, 0.15) is 5.00 Å². The zero-order chi connectivity index (χ0) is 9.54. The lowest BCUT2D eigenvalue weighted by atomic mass is 10.3. The van der Waals surface area contributed by atoms with Crippen LogP contribution in [-0.2, 0) is 11.3 Å². The number of amides is 1. The lowest BCUT2D eigenvalue weighted by molar-refractivity contribution is -0.114. The van der Waals surface area contributed by atoms with Crippen molar-refractivity contribution in [2.75, 3.05) is 11.9 Å². The Bertz CT molecular complexity index is 422. The van der Waals surface area contributed by atoms with E-state index < -0.39 is 0 Å². The number of nitrogens with one attached hydrogen (secondary N) is 1. The lowest BCUT2D eigenvalue weighted by Crippen LogP contribution is -2.24. The summed E-state index contributed by atoms with van der Waals surface area (Å²) in [5, 5.41) is 5.97. The highest BCUT2D eigenvalue weighted by Crippen LogP contribution is 2.31. The summed E-state index contributed by atoms with van der Waals surface area (Å²) in [5.74, 6) is 0.0451. The first-order chi connectivity index (χ1) is 6.84. The molecule has 3 heterocycles. The minimum Gasteiger partial charge on any atom is -0.363 e. The number of hydrogen-bond acceptors (Lipinski definition) is 3. The largest absolute Gasteiger partial charge is 0.363 e. The molecule has 14 heavy (non-hydrogen) atoms. The highest BCUT2D eigenvalue weighted by Gasteiger charge is 2.26. The van der Waals surface area contributed by atoms with Crippen LogP contribution in [0.1, 0.15) is 12.0 Å². The molecule has 0 fully saturated rings. The van der Waals surface area contributed by atoms with Gasteiger partial charge in [0.2, 0.25) is 0 Å². The van der Waals surface area contributed by atoms with Crippen molar-refractivity contribution in [1.82, 2.24) is 4.90 Å². The van der Waals surface area contributed by atoms with Crippen molar-refractivity contribution in [2.24, 2.45) is 0 Å². The first kappa shape index (κ1) is 8.05. The van der Waals surface area contributed by atoms with Crippen LogP contribution in [0.25, 0.3) is 0 Å². The van der Waals surface area contributed by atoms with Crippen LogP contribution in [-0.4, -0.2) is 17.4 Å². The Kier molecular flexibility index (Phi) is 1.64. The number of hydrogen-bond donors (Lipinski definition) is 1. The van der Waals surface area contributed by atoms with Gasteiger partial charge >= 0.3 is 0 Å². The van der Waals surface area contributed by atoms with Crippen molar-refractivity contribution >= 4 is 22.2 Å². The van der Waals surface area contributed by atoms with Gasteiger partial charge in [-0.05, 0) is 17.9 Å². The third-order valence-electron chi connectivity index (χ3n) is 2.65. The van der Waals surface area contributed by atoms with E-state index in [1.807, 2.05) is 11.5 Å². The summed E-state index contributed by atoms with van der Waals surface area (Å²) in [6.07, 6.45) is 3.01. The molecule has 3 nitrogen and oxygen atoms in total. The number of carbonyl (C=O) groups excluding carboxylic acids is 1. The second-order valence-electron chi connectivity index (χ2n) is 3.53. The molecular formula is C10H10N2OS. The van der Waals surface area contributed by atoms with Gasteiger partial charge in [-0.3, -0.25) is 4.79 Å². The highest BCUT2D eigenvalue weighted by atomic mass is 32.1. The third-order valence-corrected chi connectivity index (χ3v) is 3.52. The molecule has 72 valence electrons. The van der Waals surface area contributed by atoms with Gasteiger partial charge in [0, 0.05) is 18.7 Å². The average molecular weight is 206 g/mol. The second-order valence-corrected chi connectivity index (χ2v) is 4.44. The number of fused-ring (bicyclic) bond motifs is 2. The SMILES string of the molecule is O=C1Nc2sccc2CN2CCC=C12. The summed E-state index contributed by atoms with van der Waals surface area (Å²) >= 11 is 1.60. The van der Waals surface area contributed by atoms with E-state index in [1.165, 1.54) is 5.56 Å².